The van der Waals surface area contributed by atoms with Gasteiger partial charge in [0.2, 0.25) is 0 Å². The molecular formula is C24H37NO7. The van der Waals surface area contributed by atoms with Crippen LogP contribution in [0.3, 0.4) is 0 Å². The molecule has 0 aromatic carbocycles. The fourth-order valence-corrected chi connectivity index (χ4v) is 3.89. The summed E-state index contributed by atoms with van der Waals surface area (Å²) < 4.78 is 16.2. The van der Waals surface area contributed by atoms with Crippen LogP contribution in [0.1, 0.15) is 65.2 Å². The fourth-order valence-electron chi connectivity index (χ4n) is 3.89. The Morgan fingerprint density at radius 2 is 1.81 bits per heavy atom. The summed E-state index contributed by atoms with van der Waals surface area (Å²) in [7, 11) is 1.33. The van der Waals surface area contributed by atoms with Crippen molar-refractivity contribution in [2.24, 2.45) is 5.92 Å². The molecule has 180 valence electrons. The van der Waals surface area contributed by atoms with Crippen LogP contribution in [0.4, 0.5) is 4.79 Å². The highest BCUT2D eigenvalue weighted by molar-refractivity contribution is 6.03. The molecule has 0 saturated carbocycles. The molecule has 0 bridgehead atoms. The highest BCUT2D eigenvalue weighted by Gasteiger charge is 2.47. The van der Waals surface area contributed by atoms with Gasteiger partial charge in [0, 0.05) is 13.7 Å². The summed E-state index contributed by atoms with van der Waals surface area (Å²) in [6, 6.07) is -0.402. The van der Waals surface area contributed by atoms with Crippen molar-refractivity contribution in [1.82, 2.24) is 4.90 Å². The van der Waals surface area contributed by atoms with Crippen molar-refractivity contribution in [1.29, 1.82) is 0 Å². The number of allylic oxidation sites excluding steroid dienone is 2. The van der Waals surface area contributed by atoms with Gasteiger partial charge in [0.05, 0.1) is 6.04 Å². The molecule has 1 saturated heterocycles. The van der Waals surface area contributed by atoms with Crippen molar-refractivity contribution in [3.8, 4) is 0 Å². The average Bonchev–Trinajstić information content (AvgIpc) is 3.16. The van der Waals surface area contributed by atoms with E-state index in [0.29, 0.717) is 5.76 Å². The van der Waals surface area contributed by atoms with Crippen molar-refractivity contribution < 1.29 is 33.7 Å². The van der Waals surface area contributed by atoms with Gasteiger partial charge in [0.25, 0.3) is 5.91 Å². The predicted octanol–water partition coefficient (Wildman–Crippen LogP) is 3.53. The largest absolute Gasteiger partial charge is 0.479 e. The summed E-state index contributed by atoms with van der Waals surface area (Å²) in [4.78, 5) is 38.7. The third kappa shape index (κ3) is 7.17. The predicted molar refractivity (Wildman–Crippen MR) is 119 cm³/mol. The molecule has 2 aliphatic rings. The molecule has 8 heteroatoms. The van der Waals surface area contributed by atoms with Crippen LogP contribution in [0.15, 0.2) is 24.0 Å². The Balaban J connectivity index is 1.91. The number of unbranched alkanes of at least 4 members (excludes halogenated alkanes) is 7. The topological polar surface area (TPSA) is 102 Å². The van der Waals surface area contributed by atoms with Gasteiger partial charge in [-0.3, -0.25) is 9.59 Å². The number of hydrogen-bond donors (Lipinski definition) is 1. The summed E-state index contributed by atoms with van der Waals surface area (Å²) in [5.41, 5.74) is 0. The number of nitrogens with zero attached hydrogens (tertiary/aromatic N) is 1. The number of carbonyl (C=O) groups is 3. The number of imide groups is 1. The van der Waals surface area contributed by atoms with Crippen molar-refractivity contribution in [2.45, 2.75) is 83.5 Å². The van der Waals surface area contributed by atoms with Gasteiger partial charge in [-0.2, -0.15) is 0 Å². The quantitative estimate of drug-likeness (QED) is 0.427. The summed E-state index contributed by atoms with van der Waals surface area (Å²) in [5.74, 6) is -0.463. The van der Waals surface area contributed by atoms with Crippen molar-refractivity contribution in [2.75, 3.05) is 20.3 Å². The maximum Gasteiger partial charge on any atom is 0.417 e. The molecular weight excluding hydrogens is 414 g/mol. The van der Waals surface area contributed by atoms with Gasteiger partial charge in [-0.25, -0.2) is 9.69 Å². The summed E-state index contributed by atoms with van der Waals surface area (Å²) in [6.07, 6.45) is 10.1. The molecule has 2 aliphatic heterocycles. The number of amides is 2. The number of methoxy groups -OCH3 is 1. The molecule has 0 unspecified atom stereocenters. The van der Waals surface area contributed by atoms with Crippen LogP contribution >= 0.6 is 0 Å². The van der Waals surface area contributed by atoms with E-state index >= 15 is 0 Å². The van der Waals surface area contributed by atoms with Crippen LogP contribution in [0.25, 0.3) is 0 Å². The average molecular weight is 452 g/mol. The number of ether oxygens (including phenoxy) is 3. The number of hydrogen-bond acceptors (Lipinski definition) is 7. The number of aliphatic hydroxyl groups excluding tert-OH is 1. The van der Waals surface area contributed by atoms with E-state index in [2.05, 4.69) is 0 Å². The maximum absolute atomic E-state index is 13.1. The Kier molecular flexibility index (Phi) is 10.9. The van der Waals surface area contributed by atoms with Gasteiger partial charge in [-0.1, -0.05) is 46.0 Å². The first kappa shape index (κ1) is 26.1. The first-order valence-corrected chi connectivity index (χ1v) is 11.6. The van der Waals surface area contributed by atoms with Crippen molar-refractivity contribution in [3.63, 3.8) is 0 Å². The molecule has 32 heavy (non-hydrogen) atoms. The second-order valence-corrected chi connectivity index (χ2v) is 8.62. The third-order valence-electron chi connectivity index (χ3n) is 5.85. The molecule has 0 radical (unpaired) electrons. The van der Waals surface area contributed by atoms with Crippen LogP contribution in [-0.4, -0.2) is 66.4 Å². The third-order valence-corrected chi connectivity index (χ3v) is 5.85. The zero-order chi connectivity index (χ0) is 23.5. The minimum atomic E-state index is -1.23. The van der Waals surface area contributed by atoms with Crippen LogP contribution in [-0.2, 0) is 23.8 Å². The Morgan fingerprint density at radius 3 is 2.44 bits per heavy atom. The van der Waals surface area contributed by atoms with Gasteiger partial charge in [0.15, 0.2) is 18.0 Å². The van der Waals surface area contributed by atoms with Crippen LogP contribution in [0, 0.1) is 5.92 Å². The summed E-state index contributed by atoms with van der Waals surface area (Å²) in [6.45, 7) is 4.19. The highest BCUT2D eigenvalue weighted by atomic mass is 16.6. The minimum Gasteiger partial charge on any atom is -0.479 e. The van der Waals surface area contributed by atoms with Gasteiger partial charge in [-0.15, -0.1) is 0 Å². The van der Waals surface area contributed by atoms with Crippen LogP contribution < -0.4 is 0 Å². The standard InChI is InChI=1S/C24H37NO7/c1-17(2)19-16-31-24(29)25(19)23(28)22(30-3)21-20(27)14-13-18(32-21)12-10-8-6-4-5-7-9-11-15-26/h12-14,17,19,21-22,26H,4-11,15-16H2,1-3H3/t19-,21+,22+/m0/s1. The fraction of sp³-hybridized carbons (Fsp3) is 0.708. The van der Waals surface area contributed by atoms with Crippen molar-refractivity contribution >= 4 is 17.8 Å². The molecule has 0 spiro atoms. The molecule has 0 aliphatic carbocycles. The van der Waals surface area contributed by atoms with E-state index in [0.717, 1.165) is 56.3 Å². The molecule has 2 heterocycles. The Labute approximate surface area is 190 Å². The van der Waals surface area contributed by atoms with E-state index in [1.165, 1.54) is 13.2 Å². The lowest BCUT2D eigenvalue weighted by molar-refractivity contribution is -0.154. The Bertz CT molecular complexity index is 700. The van der Waals surface area contributed by atoms with Gasteiger partial charge in [0.1, 0.15) is 12.4 Å². The lowest BCUT2D eigenvalue weighted by Gasteiger charge is -2.31. The smallest absolute Gasteiger partial charge is 0.417 e. The lowest BCUT2D eigenvalue weighted by Crippen LogP contribution is -2.53. The SMILES string of the molecule is CO[C@@H](C(=O)N1C(=O)OC[C@H]1C(C)C)[C@@H]1OC(=CCCCCCCCCCO)C=CC1=O. The van der Waals surface area contributed by atoms with E-state index in [4.69, 9.17) is 19.3 Å². The van der Waals surface area contributed by atoms with Crippen molar-refractivity contribution in [3.05, 3.63) is 24.0 Å². The molecule has 0 aromatic rings. The number of carbonyl (C=O) groups excluding carboxylic acids is 3. The molecule has 8 nitrogen and oxygen atoms in total. The van der Waals surface area contributed by atoms with Crippen LogP contribution in [0.5, 0.6) is 0 Å². The zero-order valence-corrected chi connectivity index (χ0v) is 19.5. The van der Waals surface area contributed by atoms with E-state index in [1.807, 2.05) is 19.9 Å². The first-order chi connectivity index (χ1) is 15.4. The van der Waals surface area contributed by atoms with Crippen LogP contribution in [0.2, 0.25) is 0 Å². The number of aliphatic hydroxyl groups is 1. The Morgan fingerprint density at radius 1 is 1.16 bits per heavy atom. The zero-order valence-electron chi connectivity index (χ0n) is 19.5. The van der Waals surface area contributed by atoms with Gasteiger partial charge < -0.3 is 19.3 Å². The number of cyclic esters (lactones) is 1. The Hall–Kier alpha value is -2.19. The summed E-state index contributed by atoms with van der Waals surface area (Å²) in [5, 5.41) is 8.78. The number of ketones is 1. The second kappa shape index (κ2) is 13.4. The second-order valence-electron chi connectivity index (χ2n) is 8.62. The molecule has 1 fully saturated rings. The highest BCUT2D eigenvalue weighted by Crippen LogP contribution is 2.25. The molecule has 2 amide bonds. The normalized spacial score (nSPS) is 23.0. The minimum absolute atomic E-state index is 0.0101. The number of rotatable bonds is 13. The lowest BCUT2D eigenvalue weighted by atomic mass is 10.0. The first-order valence-electron chi connectivity index (χ1n) is 11.6. The molecule has 0 aromatic heterocycles. The maximum atomic E-state index is 13.1. The molecule has 1 N–H and O–H groups in total. The summed E-state index contributed by atoms with van der Waals surface area (Å²) >= 11 is 0. The van der Waals surface area contributed by atoms with E-state index in [1.54, 1.807) is 6.08 Å². The van der Waals surface area contributed by atoms with E-state index < -0.39 is 30.3 Å². The van der Waals surface area contributed by atoms with Gasteiger partial charge >= 0.3 is 6.09 Å². The monoisotopic (exact) mass is 451 g/mol. The molecule has 3 atom stereocenters. The van der Waals surface area contributed by atoms with E-state index in [-0.39, 0.29) is 24.9 Å². The van der Waals surface area contributed by atoms with E-state index in [9.17, 15) is 14.4 Å². The van der Waals surface area contributed by atoms with Gasteiger partial charge in [-0.05, 0) is 43.4 Å². The molecule has 2 rings (SSSR count).